The van der Waals surface area contributed by atoms with Gasteiger partial charge in [-0.15, -0.1) is 0 Å². The number of amides is 1. The Hall–Kier alpha value is -1.49. The monoisotopic (exact) mass is 328 g/mol. The van der Waals surface area contributed by atoms with Crippen LogP contribution in [0.5, 0.6) is 0 Å². The van der Waals surface area contributed by atoms with Gasteiger partial charge in [0.15, 0.2) is 0 Å². The zero-order chi connectivity index (χ0) is 16.4. The Morgan fingerprint density at radius 3 is 2.83 bits per heavy atom. The summed E-state index contributed by atoms with van der Waals surface area (Å²) in [6, 6.07) is 0. The number of nitrogens with one attached hydrogen (secondary N) is 1. The number of piperidine rings is 1. The van der Waals surface area contributed by atoms with Crippen molar-refractivity contribution in [3.63, 3.8) is 0 Å². The molecule has 1 aromatic heterocycles. The summed E-state index contributed by atoms with van der Waals surface area (Å²) in [5.41, 5.74) is 2.32. The summed E-state index contributed by atoms with van der Waals surface area (Å²) < 4.78 is 0. The van der Waals surface area contributed by atoms with Gasteiger partial charge in [-0.2, -0.15) is 0 Å². The summed E-state index contributed by atoms with van der Waals surface area (Å²) >= 11 is 0. The van der Waals surface area contributed by atoms with Crippen LogP contribution in [0, 0.1) is 5.92 Å². The summed E-state index contributed by atoms with van der Waals surface area (Å²) in [5.74, 6) is 2.06. The van der Waals surface area contributed by atoms with Crippen LogP contribution in [0.2, 0.25) is 0 Å². The number of hydrogen-bond donors (Lipinski definition) is 1. The topological polar surface area (TPSA) is 58.1 Å². The lowest BCUT2D eigenvalue weighted by Crippen LogP contribution is -2.41. The highest BCUT2D eigenvalue weighted by molar-refractivity contribution is 5.79. The molecule has 0 spiro atoms. The minimum Gasteiger partial charge on any atom is -0.338 e. The maximum absolute atomic E-state index is 12.8. The van der Waals surface area contributed by atoms with Gasteiger partial charge in [0.05, 0.1) is 5.69 Å². The fourth-order valence-electron chi connectivity index (χ4n) is 4.40. The second-order valence-electron chi connectivity index (χ2n) is 7.59. The third-order valence-corrected chi connectivity index (χ3v) is 5.88. The molecule has 2 aliphatic heterocycles. The smallest absolute Gasteiger partial charge is 0.225 e. The molecular formula is C19H28N4O. The van der Waals surface area contributed by atoms with Gasteiger partial charge in [-0.05, 0) is 32.2 Å². The van der Waals surface area contributed by atoms with Crippen LogP contribution in [0.15, 0.2) is 6.20 Å². The van der Waals surface area contributed by atoms with E-state index in [1.807, 2.05) is 11.1 Å². The lowest BCUT2D eigenvalue weighted by molar-refractivity contribution is -0.137. The van der Waals surface area contributed by atoms with Gasteiger partial charge < -0.3 is 10.2 Å². The molecule has 5 nitrogen and oxygen atoms in total. The molecule has 2 fully saturated rings. The molecule has 0 radical (unpaired) electrons. The van der Waals surface area contributed by atoms with E-state index in [-0.39, 0.29) is 5.92 Å². The molecule has 1 unspecified atom stereocenters. The van der Waals surface area contributed by atoms with E-state index in [0.29, 0.717) is 18.4 Å². The van der Waals surface area contributed by atoms with Gasteiger partial charge in [0, 0.05) is 49.7 Å². The molecular weight excluding hydrogens is 300 g/mol. The van der Waals surface area contributed by atoms with Crippen molar-refractivity contribution in [1.82, 2.24) is 20.2 Å². The van der Waals surface area contributed by atoms with Crippen LogP contribution in [0.3, 0.4) is 0 Å². The molecule has 5 heteroatoms. The van der Waals surface area contributed by atoms with Gasteiger partial charge in [-0.1, -0.05) is 19.3 Å². The number of rotatable bonds is 2. The molecule has 1 aromatic rings. The Morgan fingerprint density at radius 1 is 1.17 bits per heavy atom. The second kappa shape index (κ2) is 7.18. The van der Waals surface area contributed by atoms with Gasteiger partial charge in [0.2, 0.25) is 5.91 Å². The van der Waals surface area contributed by atoms with Gasteiger partial charge in [0.25, 0.3) is 0 Å². The second-order valence-corrected chi connectivity index (χ2v) is 7.59. The minimum absolute atomic E-state index is 0.258. The van der Waals surface area contributed by atoms with Crippen LogP contribution >= 0.6 is 0 Å². The molecule has 1 amide bonds. The number of carbonyl (C=O) groups is 1. The highest BCUT2D eigenvalue weighted by atomic mass is 16.2. The first kappa shape index (κ1) is 16.0. The fraction of sp³-hybridized carbons (Fsp3) is 0.737. The van der Waals surface area contributed by atoms with Gasteiger partial charge in [-0.3, -0.25) is 4.79 Å². The molecule has 4 rings (SSSR count). The SMILES string of the molecule is O=C(C1CCCCC1)N1CCc2nc(C3CCCNC3)ncc2C1. The summed E-state index contributed by atoms with van der Waals surface area (Å²) in [6.45, 7) is 3.63. The first-order chi connectivity index (χ1) is 11.8. The van der Waals surface area contributed by atoms with Crippen molar-refractivity contribution < 1.29 is 4.79 Å². The molecule has 24 heavy (non-hydrogen) atoms. The van der Waals surface area contributed by atoms with E-state index in [4.69, 9.17) is 4.98 Å². The molecule has 1 saturated carbocycles. The highest BCUT2D eigenvalue weighted by Gasteiger charge is 2.29. The molecule has 3 heterocycles. The molecule has 130 valence electrons. The zero-order valence-electron chi connectivity index (χ0n) is 14.5. The van der Waals surface area contributed by atoms with E-state index < -0.39 is 0 Å². The standard InChI is InChI=1S/C19H28N4O/c24-19(14-5-2-1-3-6-14)23-10-8-17-16(13-23)12-21-18(22-17)15-7-4-9-20-11-15/h12,14-15,20H,1-11,13H2. The Balaban J connectivity index is 1.44. The first-order valence-corrected chi connectivity index (χ1v) is 9.65. The van der Waals surface area contributed by atoms with E-state index in [2.05, 4.69) is 10.3 Å². The molecule has 1 atom stereocenters. The maximum Gasteiger partial charge on any atom is 0.225 e. The molecule has 1 aliphatic carbocycles. The van der Waals surface area contributed by atoms with Crippen LogP contribution in [0.4, 0.5) is 0 Å². The minimum atomic E-state index is 0.258. The predicted molar refractivity (Wildman–Crippen MR) is 92.6 cm³/mol. The average molecular weight is 328 g/mol. The van der Waals surface area contributed by atoms with Crippen LogP contribution in [-0.4, -0.2) is 40.4 Å². The Morgan fingerprint density at radius 2 is 2.04 bits per heavy atom. The zero-order valence-corrected chi connectivity index (χ0v) is 14.5. The van der Waals surface area contributed by atoms with Crippen LogP contribution < -0.4 is 5.32 Å². The largest absolute Gasteiger partial charge is 0.338 e. The molecule has 1 saturated heterocycles. The Labute approximate surface area is 144 Å². The lowest BCUT2D eigenvalue weighted by Gasteiger charge is -2.33. The quantitative estimate of drug-likeness (QED) is 0.906. The van der Waals surface area contributed by atoms with Crippen LogP contribution in [0.1, 0.15) is 67.9 Å². The molecule has 0 aromatic carbocycles. The maximum atomic E-state index is 12.8. The van der Waals surface area contributed by atoms with Gasteiger partial charge in [0.1, 0.15) is 5.82 Å². The van der Waals surface area contributed by atoms with Crippen LogP contribution in [0.25, 0.3) is 0 Å². The van der Waals surface area contributed by atoms with E-state index in [1.54, 1.807) is 0 Å². The first-order valence-electron chi connectivity index (χ1n) is 9.65. The van der Waals surface area contributed by atoms with Crippen molar-refractivity contribution >= 4 is 5.91 Å². The molecule has 1 N–H and O–H groups in total. The third kappa shape index (κ3) is 3.32. The van der Waals surface area contributed by atoms with Crippen molar-refractivity contribution in [2.75, 3.05) is 19.6 Å². The van der Waals surface area contributed by atoms with Gasteiger partial charge in [-0.25, -0.2) is 9.97 Å². The average Bonchev–Trinajstić information content (AvgIpc) is 2.68. The number of hydrogen-bond acceptors (Lipinski definition) is 4. The molecule has 0 bridgehead atoms. The predicted octanol–water partition coefficient (Wildman–Crippen LogP) is 2.41. The Kier molecular flexibility index (Phi) is 4.79. The summed E-state index contributed by atoms with van der Waals surface area (Å²) in [7, 11) is 0. The third-order valence-electron chi connectivity index (χ3n) is 5.88. The van der Waals surface area contributed by atoms with Crippen molar-refractivity contribution in [3.8, 4) is 0 Å². The fourth-order valence-corrected chi connectivity index (χ4v) is 4.40. The van der Waals surface area contributed by atoms with Crippen molar-refractivity contribution in [3.05, 3.63) is 23.3 Å². The van der Waals surface area contributed by atoms with E-state index in [9.17, 15) is 4.79 Å². The van der Waals surface area contributed by atoms with E-state index in [1.165, 1.54) is 37.8 Å². The number of fused-ring (bicyclic) bond motifs is 1. The number of carbonyl (C=O) groups excluding carboxylic acids is 1. The van der Waals surface area contributed by atoms with Crippen molar-refractivity contribution in [2.45, 2.75) is 63.8 Å². The summed E-state index contributed by atoms with van der Waals surface area (Å²) in [5, 5.41) is 3.44. The van der Waals surface area contributed by atoms with Gasteiger partial charge >= 0.3 is 0 Å². The molecule has 3 aliphatic rings. The van der Waals surface area contributed by atoms with Crippen molar-refractivity contribution in [2.24, 2.45) is 5.92 Å². The van der Waals surface area contributed by atoms with Crippen molar-refractivity contribution in [1.29, 1.82) is 0 Å². The highest BCUT2D eigenvalue weighted by Crippen LogP contribution is 2.28. The summed E-state index contributed by atoms with van der Waals surface area (Å²) in [4.78, 5) is 24.3. The van der Waals surface area contributed by atoms with E-state index in [0.717, 1.165) is 50.3 Å². The lowest BCUT2D eigenvalue weighted by atomic mass is 9.88. The number of aromatic nitrogens is 2. The van der Waals surface area contributed by atoms with Crippen LogP contribution in [-0.2, 0) is 17.8 Å². The normalized spacial score (nSPS) is 25.3. The summed E-state index contributed by atoms with van der Waals surface area (Å²) in [6.07, 6.45) is 11.1. The van der Waals surface area contributed by atoms with E-state index >= 15 is 0 Å². The number of nitrogens with zero attached hydrogens (tertiary/aromatic N) is 3. The Bertz CT molecular complexity index is 591.